The Kier molecular flexibility index (Phi) is 3.91. The molecule has 1 heterocycles. The molecule has 0 saturated heterocycles. The van der Waals surface area contributed by atoms with Crippen LogP contribution in [0.25, 0.3) is 0 Å². The predicted octanol–water partition coefficient (Wildman–Crippen LogP) is 3.68. The summed E-state index contributed by atoms with van der Waals surface area (Å²) in [5, 5.41) is 0.778. The van der Waals surface area contributed by atoms with E-state index in [2.05, 4.69) is 25.9 Å². The van der Waals surface area contributed by atoms with Gasteiger partial charge < -0.3 is 0 Å². The van der Waals surface area contributed by atoms with Crippen LogP contribution in [0.4, 0.5) is 0 Å². The van der Waals surface area contributed by atoms with Crippen LogP contribution in [-0.4, -0.2) is 19.1 Å². The summed E-state index contributed by atoms with van der Waals surface area (Å²) in [7, 11) is 0. The first-order valence-electron chi connectivity index (χ1n) is 4.89. The highest BCUT2D eigenvalue weighted by atomic mass is 79.9. The van der Waals surface area contributed by atoms with Crippen molar-refractivity contribution in [2.24, 2.45) is 9.98 Å². The van der Waals surface area contributed by atoms with E-state index in [0.717, 1.165) is 21.5 Å². The molecule has 82 valence electrons. The second kappa shape index (κ2) is 5.41. The van der Waals surface area contributed by atoms with E-state index in [1.807, 2.05) is 24.3 Å². The topological polar surface area (TPSA) is 24.7 Å². The largest absolute Gasteiger partial charge is 0.269 e. The molecule has 0 unspecified atom stereocenters. The zero-order chi connectivity index (χ0) is 11.4. The van der Waals surface area contributed by atoms with Crippen molar-refractivity contribution >= 4 is 40.1 Å². The molecule has 16 heavy (non-hydrogen) atoms. The lowest BCUT2D eigenvalue weighted by molar-refractivity contribution is 1.04. The second-order valence-corrected chi connectivity index (χ2v) is 4.81. The Morgan fingerprint density at radius 1 is 1.38 bits per heavy atom. The molecule has 0 aromatic heterocycles. The third-order valence-corrected chi connectivity index (χ3v) is 3.12. The number of allylic oxidation sites excluding steroid dienone is 1. The molecule has 2 nitrogen and oxygen atoms in total. The molecule has 0 saturated carbocycles. The SMILES string of the molecule is Clc1cc(Br)ccc1CC1=CC=NC=NC1. The molecule has 4 heteroatoms. The van der Waals surface area contributed by atoms with Crippen molar-refractivity contribution in [1.82, 2.24) is 0 Å². The molecular formula is C12H10BrClN2. The van der Waals surface area contributed by atoms with Crippen LogP contribution in [0, 0.1) is 0 Å². The molecule has 0 amide bonds. The van der Waals surface area contributed by atoms with E-state index in [9.17, 15) is 0 Å². The highest BCUT2D eigenvalue weighted by molar-refractivity contribution is 9.10. The molecule has 0 fully saturated rings. The number of rotatable bonds is 2. The second-order valence-electron chi connectivity index (χ2n) is 3.49. The van der Waals surface area contributed by atoms with Crippen molar-refractivity contribution in [2.75, 3.05) is 6.54 Å². The number of hydrogen-bond donors (Lipinski definition) is 0. The van der Waals surface area contributed by atoms with Crippen LogP contribution in [0.2, 0.25) is 5.02 Å². The number of nitrogens with zero attached hydrogens (tertiary/aromatic N) is 2. The van der Waals surface area contributed by atoms with Gasteiger partial charge in [0.25, 0.3) is 0 Å². The van der Waals surface area contributed by atoms with Crippen LogP contribution in [0.5, 0.6) is 0 Å². The molecule has 0 N–H and O–H groups in total. The summed E-state index contributed by atoms with van der Waals surface area (Å²) in [5.41, 5.74) is 2.32. The van der Waals surface area contributed by atoms with E-state index >= 15 is 0 Å². The molecule has 2 rings (SSSR count). The summed E-state index contributed by atoms with van der Waals surface area (Å²) >= 11 is 9.55. The highest BCUT2D eigenvalue weighted by Gasteiger charge is 2.04. The third-order valence-electron chi connectivity index (χ3n) is 2.27. The van der Waals surface area contributed by atoms with Gasteiger partial charge in [0.1, 0.15) is 6.34 Å². The van der Waals surface area contributed by atoms with Crippen molar-refractivity contribution in [2.45, 2.75) is 6.42 Å². The molecule has 0 spiro atoms. The molecular weight excluding hydrogens is 288 g/mol. The monoisotopic (exact) mass is 296 g/mol. The third kappa shape index (κ3) is 3.03. The summed E-state index contributed by atoms with van der Waals surface area (Å²) in [5.74, 6) is 0. The van der Waals surface area contributed by atoms with Gasteiger partial charge in [0.2, 0.25) is 0 Å². The Morgan fingerprint density at radius 3 is 3.06 bits per heavy atom. The van der Waals surface area contributed by atoms with Gasteiger partial charge in [-0.1, -0.05) is 33.6 Å². The quantitative estimate of drug-likeness (QED) is 0.795. The average Bonchev–Trinajstić information content (AvgIpc) is 2.51. The minimum atomic E-state index is 0.687. The summed E-state index contributed by atoms with van der Waals surface area (Å²) in [4.78, 5) is 8.12. The Balaban J connectivity index is 2.17. The van der Waals surface area contributed by atoms with Gasteiger partial charge in [-0.3, -0.25) is 4.99 Å². The smallest absolute Gasteiger partial charge is 0.110 e. The Hall–Kier alpha value is -0.930. The maximum absolute atomic E-state index is 6.16. The van der Waals surface area contributed by atoms with Crippen LogP contribution < -0.4 is 0 Å². The van der Waals surface area contributed by atoms with Gasteiger partial charge in [0.15, 0.2) is 0 Å². The van der Waals surface area contributed by atoms with Gasteiger partial charge in [-0.05, 0) is 35.8 Å². The lowest BCUT2D eigenvalue weighted by Gasteiger charge is -2.06. The molecule has 1 aliphatic rings. The Morgan fingerprint density at radius 2 is 2.25 bits per heavy atom. The lowest BCUT2D eigenvalue weighted by atomic mass is 10.1. The van der Waals surface area contributed by atoms with Crippen LogP contribution in [0.3, 0.4) is 0 Å². The lowest BCUT2D eigenvalue weighted by Crippen LogP contribution is -1.95. The first kappa shape index (κ1) is 11.6. The molecule has 0 atom stereocenters. The first-order chi connectivity index (χ1) is 7.75. The number of halogens is 2. The van der Waals surface area contributed by atoms with Crippen LogP contribution >= 0.6 is 27.5 Å². The van der Waals surface area contributed by atoms with E-state index in [0.29, 0.717) is 6.54 Å². The summed E-state index contributed by atoms with van der Waals surface area (Å²) in [6, 6.07) is 5.93. The number of hydrogen-bond acceptors (Lipinski definition) is 2. The average molecular weight is 298 g/mol. The zero-order valence-electron chi connectivity index (χ0n) is 8.53. The van der Waals surface area contributed by atoms with Gasteiger partial charge in [0, 0.05) is 15.7 Å². The van der Waals surface area contributed by atoms with E-state index in [-0.39, 0.29) is 0 Å². The van der Waals surface area contributed by atoms with Crippen LogP contribution in [0.1, 0.15) is 5.56 Å². The van der Waals surface area contributed by atoms with Crippen molar-refractivity contribution < 1.29 is 0 Å². The van der Waals surface area contributed by atoms with Crippen molar-refractivity contribution in [3.8, 4) is 0 Å². The molecule has 0 radical (unpaired) electrons. The van der Waals surface area contributed by atoms with E-state index in [1.54, 1.807) is 12.6 Å². The Labute approximate surface area is 108 Å². The standard InChI is InChI=1S/C12H10BrClN2/c13-11-2-1-10(12(14)6-11)5-9-3-4-15-8-16-7-9/h1-4,6,8H,5,7H2. The Bertz CT molecular complexity index is 478. The predicted molar refractivity (Wildman–Crippen MR) is 72.8 cm³/mol. The maximum Gasteiger partial charge on any atom is 0.110 e. The van der Waals surface area contributed by atoms with Crippen molar-refractivity contribution in [1.29, 1.82) is 0 Å². The highest BCUT2D eigenvalue weighted by Crippen LogP contribution is 2.23. The van der Waals surface area contributed by atoms with Gasteiger partial charge in [-0.25, -0.2) is 4.99 Å². The van der Waals surface area contributed by atoms with Gasteiger partial charge >= 0.3 is 0 Å². The molecule has 0 bridgehead atoms. The molecule has 1 aromatic rings. The minimum Gasteiger partial charge on any atom is -0.269 e. The maximum atomic E-state index is 6.16. The summed E-state index contributed by atoms with van der Waals surface area (Å²) in [6.07, 6.45) is 6.14. The van der Waals surface area contributed by atoms with E-state index in [1.165, 1.54) is 5.57 Å². The molecule has 0 aliphatic carbocycles. The zero-order valence-corrected chi connectivity index (χ0v) is 10.9. The molecule has 1 aromatic carbocycles. The van der Waals surface area contributed by atoms with E-state index in [4.69, 9.17) is 11.6 Å². The van der Waals surface area contributed by atoms with Gasteiger partial charge in [-0.15, -0.1) is 0 Å². The van der Waals surface area contributed by atoms with Crippen molar-refractivity contribution in [3.05, 3.63) is 44.9 Å². The van der Waals surface area contributed by atoms with Gasteiger partial charge in [0.05, 0.1) is 6.54 Å². The summed E-state index contributed by atoms with van der Waals surface area (Å²) in [6.45, 7) is 0.687. The number of aliphatic imine (C=N–C) groups is 2. The summed E-state index contributed by atoms with van der Waals surface area (Å²) < 4.78 is 0.996. The molecule has 1 aliphatic heterocycles. The normalized spacial score (nSPS) is 14.8. The van der Waals surface area contributed by atoms with E-state index < -0.39 is 0 Å². The minimum absolute atomic E-state index is 0.687. The fraction of sp³-hybridized carbons (Fsp3) is 0.167. The fourth-order valence-electron chi connectivity index (χ4n) is 1.47. The van der Waals surface area contributed by atoms with Crippen LogP contribution in [-0.2, 0) is 6.42 Å². The van der Waals surface area contributed by atoms with Crippen LogP contribution in [0.15, 0.2) is 44.3 Å². The van der Waals surface area contributed by atoms with Crippen molar-refractivity contribution in [3.63, 3.8) is 0 Å². The number of benzene rings is 1. The first-order valence-corrected chi connectivity index (χ1v) is 6.06. The fourth-order valence-corrected chi connectivity index (χ4v) is 2.21. The van der Waals surface area contributed by atoms with Gasteiger partial charge in [-0.2, -0.15) is 0 Å².